The molecule has 51 heavy (non-hydrogen) atoms. The van der Waals surface area contributed by atoms with Crippen molar-refractivity contribution in [2.24, 2.45) is 13.0 Å². The Morgan fingerprint density at radius 3 is 2.18 bits per heavy atom. The van der Waals surface area contributed by atoms with E-state index in [0.717, 1.165) is 18.9 Å². The molecule has 0 radical (unpaired) electrons. The van der Waals surface area contributed by atoms with Gasteiger partial charge in [-0.3, -0.25) is 0 Å². The highest BCUT2D eigenvalue weighted by Gasteiger charge is 2.53. The van der Waals surface area contributed by atoms with E-state index in [9.17, 15) is 0 Å². The third kappa shape index (κ3) is 6.37. The molecular formula is C48H59NOSi. The Balaban J connectivity index is 1.25. The Kier molecular flexibility index (Phi) is 9.42. The Morgan fingerprint density at radius 1 is 0.725 bits per heavy atom. The van der Waals surface area contributed by atoms with Crippen LogP contribution in [0.25, 0.3) is 33.3 Å². The zero-order valence-corrected chi connectivity index (χ0v) is 33.2. The number of aryl methyl sites for hydroxylation is 2. The SMILES string of the molecule is Cc1ccc2c(c1)c1c(n2C)-c2ccccc2C1[Si](C)(CCCCCCOC(C)(C)C)C1c2ccccc2-c2ccc(CC3CCCCC3)cc21. The summed E-state index contributed by atoms with van der Waals surface area (Å²) in [5, 5.41) is 1.48. The van der Waals surface area contributed by atoms with Gasteiger partial charge < -0.3 is 9.30 Å². The summed E-state index contributed by atoms with van der Waals surface area (Å²) >= 11 is 0. The third-order valence-electron chi connectivity index (χ3n) is 12.9. The lowest BCUT2D eigenvalue weighted by molar-refractivity contribution is -0.00471. The van der Waals surface area contributed by atoms with Gasteiger partial charge in [0.15, 0.2) is 0 Å². The fourth-order valence-corrected chi connectivity index (χ4v) is 16.4. The molecule has 3 aliphatic rings. The van der Waals surface area contributed by atoms with Gasteiger partial charge in [-0.2, -0.15) is 0 Å². The van der Waals surface area contributed by atoms with Crippen LogP contribution in [0.5, 0.6) is 0 Å². The van der Waals surface area contributed by atoms with E-state index in [1.807, 2.05) is 0 Å². The molecule has 3 aliphatic carbocycles. The number of rotatable bonds is 11. The van der Waals surface area contributed by atoms with E-state index in [0.29, 0.717) is 11.1 Å². The van der Waals surface area contributed by atoms with Gasteiger partial charge in [0.25, 0.3) is 0 Å². The molecule has 4 aromatic carbocycles. The predicted molar refractivity (Wildman–Crippen MR) is 220 cm³/mol. The van der Waals surface area contributed by atoms with E-state index in [1.54, 1.807) is 27.8 Å². The van der Waals surface area contributed by atoms with Gasteiger partial charge in [0.05, 0.1) is 19.4 Å². The molecule has 0 amide bonds. The van der Waals surface area contributed by atoms with Crippen molar-refractivity contribution < 1.29 is 4.74 Å². The first-order valence-electron chi connectivity index (χ1n) is 20.2. The second-order valence-electron chi connectivity index (χ2n) is 17.6. The minimum Gasteiger partial charge on any atom is -0.376 e. The quantitative estimate of drug-likeness (QED) is 0.0992. The van der Waals surface area contributed by atoms with Crippen LogP contribution in [0, 0.1) is 12.8 Å². The smallest absolute Gasteiger partial charge is 0.0762 e. The van der Waals surface area contributed by atoms with Crippen molar-refractivity contribution in [1.29, 1.82) is 0 Å². The van der Waals surface area contributed by atoms with Crippen LogP contribution < -0.4 is 0 Å². The van der Waals surface area contributed by atoms with E-state index < -0.39 is 8.07 Å². The van der Waals surface area contributed by atoms with Crippen molar-refractivity contribution in [2.75, 3.05) is 6.61 Å². The Hall–Kier alpha value is -3.40. The second-order valence-corrected chi connectivity index (χ2v) is 22.3. The van der Waals surface area contributed by atoms with E-state index in [4.69, 9.17) is 4.74 Å². The monoisotopic (exact) mass is 693 g/mol. The zero-order valence-electron chi connectivity index (χ0n) is 32.2. The maximum absolute atomic E-state index is 6.12. The molecule has 3 atom stereocenters. The van der Waals surface area contributed by atoms with Gasteiger partial charge in [-0.1, -0.05) is 142 Å². The highest BCUT2D eigenvalue weighted by Crippen LogP contribution is 2.60. The summed E-state index contributed by atoms with van der Waals surface area (Å²) in [7, 11) is 0.0837. The standard InChI is InChI=1S/C48H59NOSi/c1-33-24-27-43-42(30-33)44-45(49(43)5)38-21-13-15-23-40(38)47(44)51(6,29-17-8-7-16-28-50-48(2,3)4)46-39-22-14-12-20-36(39)37-26-25-35(32-41(37)46)31-34-18-10-9-11-19-34/h12-15,20-27,30,32,34,46-47H,7-11,16-19,28-29,31H2,1-6H3. The number of hydrogen-bond acceptors (Lipinski definition) is 1. The number of fused-ring (bicyclic) bond motifs is 8. The molecule has 1 fully saturated rings. The van der Waals surface area contributed by atoms with Crippen molar-refractivity contribution in [3.05, 3.63) is 118 Å². The Morgan fingerprint density at radius 2 is 1.41 bits per heavy atom. The minimum absolute atomic E-state index is 0.0606. The van der Waals surface area contributed by atoms with Crippen molar-refractivity contribution >= 4 is 19.0 Å². The van der Waals surface area contributed by atoms with Crippen LogP contribution in [0.2, 0.25) is 12.6 Å². The van der Waals surface area contributed by atoms with Gasteiger partial charge in [-0.05, 0) is 97.5 Å². The van der Waals surface area contributed by atoms with Crippen LogP contribution in [-0.2, 0) is 18.2 Å². The molecule has 8 rings (SSSR count). The molecule has 1 aromatic heterocycles. The Labute approximate surface area is 308 Å². The summed E-state index contributed by atoms with van der Waals surface area (Å²) in [5.74, 6) is 0.841. The molecule has 3 heteroatoms. The van der Waals surface area contributed by atoms with Crippen LogP contribution in [-0.4, -0.2) is 24.8 Å². The normalized spacial score (nSPS) is 19.5. The molecule has 266 valence electrons. The average Bonchev–Trinajstić information content (AvgIpc) is 3.73. The first-order valence-corrected chi connectivity index (χ1v) is 23.0. The predicted octanol–water partition coefficient (Wildman–Crippen LogP) is 13.1. The molecule has 3 unspecified atom stereocenters. The van der Waals surface area contributed by atoms with Crippen LogP contribution in [0.4, 0.5) is 0 Å². The molecule has 2 nitrogen and oxygen atoms in total. The van der Waals surface area contributed by atoms with Crippen LogP contribution in [0.15, 0.2) is 84.9 Å². The number of nitrogens with zero attached hydrogens (tertiary/aromatic N) is 1. The molecule has 0 bridgehead atoms. The highest BCUT2D eigenvalue weighted by atomic mass is 28.3. The minimum atomic E-state index is -2.23. The van der Waals surface area contributed by atoms with Gasteiger partial charge in [0, 0.05) is 41.2 Å². The maximum Gasteiger partial charge on any atom is 0.0762 e. The lowest BCUT2D eigenvalue weighted by Gasteiger charge is -2.41. The average molecular weight is 694 g/mol. The first kappa shape index (κ1) is 34.7. The van der Waals surface area contributed by atoms with E-state index in [1.165, 1.54) is 103 Å². The van der Waals surface area contributed by atoms with Crippen LogP contribution >= 0.6 is 0 Å². The number of unbranched alkanes of at least 4 members (excludes halogenated alkanes) is 3. The van der Waals surface area contributed by atoms with Crippen molar-refractivity contribution in [1.82, 2.24) is 4.57 Å². The fourth-order valence-electron chi connectivity index (χ4n) is 10.6. The molecular weight excluding hydrogens is 635 g/mol. The summed E-state index contributed by atoms with van der Waals surface area (Å²) in [5.41, 5.74) is 17.5. The lowest BCUT2D eigenvalue weighted by Crippen LogP contribution is -2.45. The number of aromatic nitrogens is 1. The molecule has 0 N–H and O–H groups in total. The molecule has 0 aliphatic heterocycles. The lowest BCUT2D eigenvalue weighted by atomic mass is 9.84. The summed E-state index contributed by atoms with van der Waals surface area (Å²) < 4.78 is 8.64. The van der Waals surface area contributed by atoms with E-state index in [2.05, 4.69) is 131 Å². The van der Waals surface area contributed by atoms with Gasteiger partial charge in [0.2, 0.25) is 0 Å². The number of benzene rings is 4. The van der Waals surface area contributed by atoms with Gasteiger partial charge in [-0.15, -0.1) is 0 Å². The number of ether oxygens (including phenoxy) is 1. The molecule has 0 saturated heterocycles. The van der Waals surface area contributed by atoms with Crippen molar-refractivity contribution in [3.63, 3.8) is 0 Å². The summed E-state index contributed by atoms with van der Waals surface area (Å²) in [6, 6.07) is 35.2. The van der Waals surface area contributed by atoms with Crippen LogP contribution in [0.3, 0.4) is 0 Å². The van der Waals surface area contributed by atoms with Gasteiger partial charge in [0.1, 0.15) is 0 Å². The van der Waals surface area contributed by atoms with Gasteiger partial charge >= 0.3 is 0 Å². The zero-order chi connectivity index (χ0) is 35.3. The Bertz CT molecular complexity index is 2040. The molecule has 1 heterocycles. The molecule has 0 spiro atoms. The molecule has 1 saturated carbocycles. The maximum atomic E-state index is 6.12. The molecule has 5 aromatic rings. The first-order chi connectivity index (χ1) is 24.6. The van der Waals surface area contributed by atoms with E-state index in [-0.39, 0.29) is 5.60 Å². The van der Waals surface area contributed by atoms with Gasteiger partial charge in [-0.25, -0.2) is 0 Å². The van der Waals surface area contributed by atoms with Crippen LogP contribution in [0.1, 0.15) is 123 Å². The number of hydrogen-bond donors (Lipinski definition) is 0. The highest BCUT2D eigenvalue weighted by molar-refractivity contribution is 6.83. The second kappa shape index (κ2) is 13.9. The summed E-state index contributed by atoms with van der Waals surface area (Å²) in [6.07, 6.45) is 13.2. The van der Waals surface area contributed by atoms with Crippen molar-refractivity contribution in [2.45, 2.75) is 121 Å². The fraction of sp³-hybridized carbons (Fsp3) is 0.458. The summed E-state index contributed by atoms with van der Waals surface area (Å²) in [6.45, 7) is 12.5. The third-order valence-corrected chi connectivity index (χ3v) is 18.2. The summed E-state index contributed by atoms with van der Waals surface area (Å²) in [4.78, 5) is 0. The topological polar surface area (TPSA) is 14.2 Å². The largest absolute Gasteiger partial charge is 0.376 e. The van der Waals surface area contributed by atoms with E-state index >= 15 is 0 Å². The van der Waals surface area contributed by atoms with Crippen molar-refractivity contribution in [3.8, 4) is 22.4 Å².